The summed E-state index contributed by atoms with van der Waals surface area (Å²) in [4.78, 5) is 10.5. The fourth-order valence-electron chi connectivity index (χ4n) is 1.04. The van der Waals surface area contributed by atoms with Crippen LogP contribution in [0.2, 0.25) is 0 Å². The van der Waals surface area contributed by atoms with Crippen LogP contribution in [0.15, 0.2) is 12.1 Å². The first kappa shape index (κ1) is 14.1. The van der Waals surface area contributed by atoms with Gasteiger partial charge in [0.25, 0.3) is 5.69 Å². The molecule has 0 bridgehead atoms. The first-order valence-electron chi connectivity index (χ1n) is 4.42. The SMILES string of the molecule is [B]C#Cc1c(F)cc(F)cc1OC([B])(O)C(=O)O. The number of aliphatic carboxylic acids is 1. The van der Waals surface area contributed by atoms with Crippen molar-refractivity contribution in [2.75, 3.05) is 0 Å². The van der Waals surface area contributed by atoms with Gasteiger partial charge in [-0.25, -0.2) is 13.6 Å². The Kier molecular flexibility index (Phi) is 3.99. The van der Waals surface area contributed by atoms with Crippen LogP contribution in [0.25, 0.3) is 0 Å². The lowest BCUT2D eigenvalue weighted by Gasteiger charge is -2.21. The van der Waals surface area contributed by atoms with E-state index in [1.165, 1.54) is 0 Å². The molecule has 1 rings (SSSR count). The van der Waals surface area contributed by atoms with E-state index in [1.54, 1.807) is 0 Å². The van der Waals surface area contributed by atoms with Crippen molar-refractivity contribution < 1.29 is 28.5 Å². The van der Waals surface area contributed by atoms with E-state index in [9.17, 15) is 13.6 Å². The van der Waals surface area contributed by atoms with Crippen molar-refractivity contribution in [1.82, 2.24) is 0 Å². The van der Waals surface area contributed by atoms with E-state index >= 15 is 0 Å². The van der Waals surface area contributed by atoms with Gasteiger partial charge in [0.05, 0.1) is 0 Å². The topological polar surface area (TPSA) is 66.8 Å². The highest BCUT2D eigenvalue weighted by molar-refractivity contribution is 6.24. The highest BCUT2D eigenvalue weighted by Gasteiger charge is 2.32. The largest absolute Gasteiger partial charge is 0.477 e. The summed E-state index contributed by atoms with van der Waals surface area (Å²) in [5.41, 5.74) is -3.67. The van der Waals surface area contributed by atoms with Crippen molar-refractivity contribution >= 4 is 21.7 Å². The lowest BCUT2D eigenvalue weighted by atomic mass is 9.95. The fraction of sp³-hybridized carbons (Fsp3) is 0.100. The summed E-state index contributed by atoms with van der Waals surface area (Å²) < 4.78 is 30.7. The predicted molar refractivity (Wildman–Crippen MR) is 58.0 cm³/mol. The Morgan fingerprint density at radius 2 is 2.06 bits per heavy atom. The van der Waals surface area contributed by atoms with Gasteiger partial charge in [0, 0.05) is 12.1 Å². The van der Waals surface area contributed by atoms with E-state index in [0.29, 0.717) is 12.1 Å². The molecular formula is C10H4B2F2O4. The van der Waals surface area contributed by atoms with Gasteiger partial charge in [-0.1, -0.05) is 5.92 Å². The smallest absolute Gasteiger partial charge is 0.364 e. The van der Waals surface area contributed by atoms with E-state index < -0.39 is 34.6 Å². The Hall–Kier alpha value is -2.00. The number of rotatable bonds is 3. The number of carbonyl (C=O) groups is 1. The zero-order valence-electron chi connectivity index (χ0n) is 8.78. The van der Waals surface area contributed by atoms with Gasteiger partial charge in [-0.3, -0.25) is 0 Å². The number of carboxylic acid groups (broad SMARTS) is 1. The van der Waals surface area contributed by atoms with E-state index in [-0.39, 0.29) is 0 Å². The first-order valence-corrected chi connectivity index (χ1v) is 4.42. The molecule has 0 amide bonds. The minimum Gasteiger partial charge on any atom is -0.477 e. The molecule has 0 saturated heterocycles. The summed E-state index contributed by atoms with van der Waals surface area (Å²) in [6.45, 7) is 0. The molecule has 0 saturated carbocycles. The van der Waals surface area contributed by atoms with Crippen LogP contribution in [0.5, 0.6) is 5.75 Å². The molecule has 1 unspecified atom stereocenters. The second-order valence-corrected chi connectivity index (χ2v) is 3.13. The van der Waals surface area contributed by atoms with Crippen LogP contribution < -0.4 is 4.74 Å². The molecule has 4 nitrogen and oxygen atoms in total. The Labute approximate surface area is 103 Å². The Balaban J connectivity index is 3.30. The maximum atomic E-state index is 13.3. The van der Waals surface area contributed by atoms with Crippen molar-refractivity contribution in [3.05, 3.63) is 29.3 Å². The summed E-state index contributed by atoms with van der Waals surface area (Å²) in [6, 6.07) is 1.10. The minimum atomic E-state index is -3.15. The third-order valence-corrected chi connectivity index (χ3v) is 1.79. The molecule has 88 valence electrons. The zero-order valence-corrected chi connectivity index (χ0v) is 8.78. The van der Waals surface area contributed by atoms with Gasteiger partial charge in [-0.15, -0.1) is 0 Å². The van der Waals surface area contributed by atoms with Gasteiger partial charge in [-0.2, -0.15) is 5.82 Å². The Morgan fingerprint density at radius 1 is 1.44 bits per heavy atom. The number of carboxylic acids is 1. The number of aliphatic hydroxyl groups is 1. The number of ether oxygens (including phenoxy) is 1. The molecule has 0 aliphatic heterocycles. The third-order valence-electron chi connectivity index (χ3n) is 1.79. The Morgan fingerprint density at radius 3 is 2.56 bits per heavy atom. The molecule has 0 aliphatic carbocycles. The molecule has 0 heterocycles. The van der Waals surface area contributed by atoms with Crippen molar-refractivity contribution in [3.63, 3.8) is 0 Å². The van der Waals surface area contributed by atoms with E-state index in [4.69, 9.17) is 25.9 Å². The fourth-order valence-corrected chi connectivity index (χ4v) is 1.04. The number of hydrogen-bond acceptors (Lipinski definition) is 3. The van der Waals surface area contributed by atoms with Crippen LogP contribution in [-0.4, -0.2) is 37.6 Å². The highest BCUT2D eigenvalue weighted by atomic mass is 19.1. The Bertz CT molecular complexity index is 549. The maximum absolute atomic E-state index is 13.3. The second kappa shape index (κ2) is 5.10. The molecule has 8 heteroatoms. The normalized spacial score (nSPS) is 13.1. The summed E-state index contributed by atoms with van der Waals surface area (Å²) in [7, 11) is 9.74. The number of hydrogen-bond donors (Lipinski definition) is 2. The van der Waals surface area contributed by atoms with Crippen molar-refractivity contribution in [3.8, 4) is 17.5 Å². The van der Waals surface area contributed by atoms with Gasteiger partial charge in [0.2, 0.25) is 0 Å². The highest BCUT2D eigenvalue weighted by Crippen LogP contribution is 2.25. The van der Waals surface area contributed by atoms with Gasteiger partial charge >= 0.3 is 5.97 Å². The lowest BCUT2D eigenvalue weighted by Crippen LogP contribution is -2.45. The molecule has 1 aromatic rings. The van der Waals surface area contributed by atoms with Crippen molar-refractivity contribution in [1.29, 1.82) is 0 Å². The molecule has 0 fully saturated rings. The monoisotopic (exact) mass is 248 g/mol. The molecule has 0 aromatic heterocycles. The van der Waals surface area contributed by atoms with E-state index in [1.807, 2.05) is 11.7 Å². The van der Waals surface area contributed by atoms with Gasteiger partial charge < -0.3 is 14.9 Å². The van der Waals surface area contributed by atoms with Crippen LogP contribution in [0, 0.1) is 23.4 Å². The van der Waals surface area contributed by atoms with Gasteiger partial charge in [-0.05, 0) is 0 Å². The second-order valence-electron chi connectivity index (χ2n) is 3.13. The molecule has 0 aliphatic rings. The van der Waals surface area contributed by atoms with Crippen LogP contribution >= 0.6 is 0 Å². The number of halogens is 2. The molecule has 0 spiro atoms. The van der Waals surface area contributed by atoms with Gasteiger partial charge in [0.15, 0.2) is 15.7 Å². The molecule has 4 radical (unpaired) electrons. The van der Waals surface area contributed by atoms with Crippen LogP contribution in [0.3, 0.4) is 0 Å². The summed E-state index contributed by atoms with van der Waals surface area (Å²) in [5, 5.41) is 17.7. The molecule has 2 N–H and O–H groups in total. The molecule has 1 atom stereocenters. The summed E-state index contributed by atoms with van der Waals surface area (Å²) in [6.07, 6.45) is 0. The standard InChI is InChI=1S/C10H4B2F2O4/c11-2-1-6-7(14)3-5(13)4-8(6)18-10(12,17)9(15)16/h3-4,17H,(H,15,16). The molecule has 18 heavy (non-hydrogen) atoms. The third kappa shape index (κ3) is 3.02. The number of benzene rings is 1. The maximum Gasteiger partial charge on any atom is 0.364 e. The summed E-state index contributed by atoms with van der Waals surface area (Å²) >= 11 is 0. The van der Waals surface area contributed by atoms with E-state index in [2.05, 4.69) is 4.74 Å². The molecular weight excluding hydrogens is 244 g/mol. The predicted octanol–water partition coefficient (Wildman–Crippen LogP) is -0.280. The van der Waals surface area contributed by atoms with E-state index in [0.717, 1.165) is 0 Å². The average molecular weight is 248 g/mol. The van der Waals surface area contributed by atoms with Crippen LogP contribution in [0.4, 0.5) is 8.78 Å². The molecule has 1 aromatic carbocycles. The van der Waals surface area contributed by atoms with Crippen LogP contribution in [0.1, 0.15) is 5.56 Å². The van der Waals surface area contributed by atoms with Crippen LogP contribution in [-0.2, 0) is 4.79 Å². The van der Waals surface area contributed by atoms with Gasteiger partial charge in [0.1, 0.15) is 22.9 Å². The van der Waals surface area contributed by atoms with Crippen molar-refractivity contribution in [2.45, 2.75) is 5.69 Å². The minimum absolute atomic E-state index is 0.489. The average Bonchev–Trinajstić information content (AvgIpc) is 2.22. The summed E-state index contributed by atoms with van der Waals surface area (Å²) in [5.74, 6) is -0.955. The quantitative estimate of drug-likeness (QED) is 0.438. The van der Waals surface area contributed by atoms with Crippen molar-refractivity contribution in [2.24, 2.45) is 0 Å². The zero-order chi connectivity index (χ0) is 13.9. The lowest BCUT2D eigenvalue weighted by molar-refractivity contribution is -0.171. The first-order chi connectivity index (χ1) is 8.27.